The Hall–Kier alpha value is -2.58. The Kier molecular flexibility index (Phi) is 5.67. The Morgan fingerprint density at radius 1 is 1.11 bits per heavy atom. The van der Waals surface area contributed by atoms with E-state index in [0.717, 1.165) is 10.1 Å². The van der Waals surface area contributed by atoms with Gasteiger partial charge in [-0.2, -0.15) is 13.2 Å². The molecule has 8 heteroatoms. The summed E-state index contributed by atoms with van der Waals surface area (Å²) < 4.78 is 51.3. The molecular weight excluding hydrogens is 361 g/mol. The molecule has 27 heavy (non-hydrogen) atoms. The van der Waals surface area contributed by atoms with E-state index in [1.54, 1.807) is 37.4 Å². The number of ether oxygens (including phenoxy) is 2. The smallest absolute Gasteiger partial charge is 0.449 e. The van der Waals surface area contributed by atoms with Gasteiger partial charge in [-0.15, -0.1) is 0 Å². The predicted molar refractivity (Wildman–Crippen MR) is 93.4 cm³/mol. The second-order valence-electron chi connectivity index (χ2n) is 6.05. The summed E-state index contributed by atoms with van der Waals surface area (Å²) in [5, 5.41) is 10.2. The van der Waals surface area contributed by atoms with E-state index in [-0.39, 0.29) is 25.3 Å². The first-order valence-electron chi connectivity index (χ1n) is 8.29. The van der Waals surface area contributed by atoms with Gasteiger partial charge in [0.1, 0.15) is 5.75 Å². The van der Waals surface area contributed by atoms with E-state index in [0.29, 0.717) is 11.3 Å². The largest absolute Gasteiger partial charge is 0.497 e. The van der Waals surface area contributed by atoms with E-state index < -0.39 is 18.1 Å². The summed E-state index contributed by atoms with van der Waals surface area (Å²) in [7, 11) is 1.57. The van der Waals surface area contributed by atoms with Crippen LogP contribution in [0.5, 0.6) is 5.75 Å². The molecule has 0 unspecified atom stereocenters. The van der Waals surface area contributed by atoms with Crippen LogP contribution in [0.3, 0.4) is 0 Å². The number of imidazole rings is 1. The van der Waals surface area contributed by atoms with Gasteiger partial charge in [0.05, 0.1) is 44.0 Å². The highest BCUT2D eigenvalue weighted by Crippen LogP contribution is 2.31. The molecule has 1 atom stereocenters. The maximum absolute atomic E-state index is 13.3. The number of aliphatic hydroxyl groups is 1. The normalized spacial score (nSPS) is 13.1. The molecule has 1 N–H and O–H groups in total. The van der Waals surface area contributed by atoms with Crippen LogP contribution in [-0.2, 0) is 24.1 Å². The molecule has 0 saturated heterocycles. The Morgan fingerprint density at radius 3 is 2.48 bits per heavy atom. The lowest BCUT2D eigenvalue weighted by molar-refractivity contribution is -0.147. The van der Waals surface area contributed by atoms with Gasteiger partial charge in [-0.1, -0.05) is 24.3 Å². The summed E-state index contributed by atoms with van der Waals surface area (Å²) in [5.74, 6) is -0.316. The maximum Gasteiger partial charge on any atom is 0.449 e. The molecule has 1 aromatic heterocycles. The summed E-state index contributed by atoms with van der Waals surface area (Å²) in [6, 6.07) is 13.5. The number of methoxy groups -OCH3 is 1. The third kappa shape index (κ3) is 4.58. The van der Waals surface area contributed by atoms with Crippen molar-refractivity contribution in [3.05, 3.63) is 59.9 Å². The minimum atomic E-state index is -4.61. The lowest BCUT2D eigenvalue weighted by Crippen LogP contribution is -2.25. The number of benzene rings is 2. The second kappa shape index (κ2) is 7.98. The number of fused-ring (bicyclic) bond motifs is 1. The molecule has 0 fully saturated rings. The van der Waals surface area contributed by atoms with Gasteiger partial charge in [-0.3, -0.25) is 0 Å². The van der Waals surface area contributed by atoms with Crippen molar-refractivity contribution in [1.29, 1.82) is 0 Å². The van der Waals surface area contributed by atoms with Gasteiger partial charge in [-0.25, -0.2) is 4.98 Å². The molecule has 2 aromatic carbocycles. The Bertz CT molecular complexity index is 891. The van der Waals surface area contributed by atoms with Crippen molar-refractivity contribution < 1.29 is 27.8 Å². The summed E-state index contributed by atoms with van der Waals surface area (Å²) in [6.45, 7) is -0.133. The number of hydrogen-bond acceptors (Lipinski definition) is 4. The van der Waals surface area contributed by atoms with Crippen LogP contribution in [0.4, 0.5) is 13.2 Å². The molecule has 0 saturated carbocycles. The molecule has 144 valence electrons. The molecule has 0 aliphatic carbocycles. The molecule has 3 rings (SSSR count). The fourth-order valence-corrected chi connectivity index (χ4v) is 2.77. The standard InChI is InChI=1S/C19H19F3N2O3/c1-26-15-8-6-13(7-9-15)11-27-12-14(25)10-24-17-5-3-2-4-16(17)23-18(24)19(20,21)22/h2-9,14,25H,10-12H2,1H3/t14-/m1/s1. The Labute approximate surface area is 154 Å². The molecular formula is C19H19F3N2O3. The quantitative estimate of drug-likeness (QED) is 0.680. The molecule has 0 spiro atoms. The number of halogens is 3. The minimum Gasteiger partial charge on any atom is -0.497 e. The second-order valence-corrected chi connectivity index (χ2v) is 6.05. The van der Waals surface area contributed by atoms with E-state index in [9.17, 15) is 18.3 Å². The van der Waals surface area contributed by atoms with Crippen LogP contribution in [0.2, 0.25) is 0 Å². The van der Waals surface area contributed by atoms with Gasteiger partial charge < -0.3 is 19.1 Å². The SMILES string of the molecule is COc1ccc(COC[C@H](O)Cn2c(C(F)(F)F)nc3ccccc32)cc1. The zero-order chi connectivity index (χ0) is 19.4. The summed E-state index contributed by atoms with van der Waals surface area (Å²) in [4.78, 5) is 3.66. The van der Waals surface area contributed by atoms with Crippen molar-refractivity contribution in [1.82, 2.24) is 9.55 Å². The molecule has 3 aromatic rings. The number of rotatable bonds is 7. The summed E-state index contributed by atoms with van der Waals surface area (Å²) in [5.41, 5.74) is 1.42. The number of nitrogens with zero attached hydrogens (tertiary/aromatic N) is 2. The molecule has 1 heterocycles. The predicted octanol–water partition coefficient (Wildman–Crippen LogP) is 3.64. The van der Waals surface area contributed by atoms with E-state index in [4.69, 9.17) is 9.47 Å². The zero-order valence-electron chi connectivity index (χ0n) is 14.6. The molecule has 0 aliphatic heterocycles. The average Bonchev–Trinajstić information content (AvgIpc) is 3.01. The fraction of sp³-hybridized carbons (Fsp3) is 0.316. The third-order valence-corrected chi connectivity index (χ3v) is 4.04. The van der Waals surface area contributed by atoms with Crippen LogP contribution in [0, 0.1) is 0 Å². The average molecular weight is 380 g/mol. The van der Waals surface area contributed by atoms with Gasteiger partial charge >= 0.3 is 6.18 Å². The summed E-state index contributed by atoms with van der Waals surface area (Å²) in [6.07, 6.45) is -5.72. The third-order valence-electron chi connectivity index (χ3n) is 4.04. The number of para-hydroxylation sites is 2. The topological polar surface area (TPSA) is 56.5 Å². The van der Waals surface area contributed by atoms with Gasteiger partial charge in [-0.05, 0) is 29.8 Å². The van der Waals surface area contributed by atoms with Crippen molar-refractivity contribution in [2.45, 2.75) is 25.4 Å². The lowest BCUT2D eigenvalue weighted by atomic mass is 10.2. The van der Waals surface area contributed by atoms with Crippen LogP contribution < -0.4 is 4.74 Å². The monoisotopic (exact) mass is 380 g/mol. The molecule has 5 nitrogen and oxygen atoms in total. The van der Waals surface area contributed by atoms with E-state index in [2.05, 4.69) is 4.98 Å². The Balaban J connectivity index is 1.65. The number of alkyl halides is 3. The fourth-order valence-electron chi connectivity index (χ4n) is 2.77. The number of aliphatic hydroxyl groups excluding tert-OH is 1. The van der Waals surface area contributed by atoms with E-state index in [1.807, 2.05) is 12.1 Å². The van der Waals surface area contributed by atoms with Crippen molar-refractivity contribution in [3.8, 4) is 5.75 Å². The Morgan fingerprint density at radius 2 is 1.81 bits per heavy atom. The van der Waals surface area contributed by atoms with Gasteiger partial charge in [0.2, 0.25) is 5.82 Å². The zero-order valence-corrected chi connectivity index (χ0v) is 14.6. The van der Waals surface area contributed by atoms with Crippen LogP contribution in [0.1, 0.15) is 11.4 Å². The van der Waals surface area contributed by atoms with Crippen molar-refractivity contribution >= 4 is 11.0 Å². The molecule has 0 amide bonds. The first kappa shape index (κ1) is 19.2. The summed E-state index contributed by atoms with van der Waals surface area (Å²) >= 11 is 0. The van der Waals surface area contributed by atoms with Crippen LogP contribution in [0.15, 0.2) is 48.5 Å². The van der Waals surface area contributed by atoms with Crippen molar-refractivity contribution in [2.75, 3.05) is 13.7 Å². The number of aromatic nitrogens is 2. The van der Waals surface area contributed by atoms with E-state index in [1.165, 1.54) is 6.07 Å². The van der Waals surface area contributed by atoms with Crippen LogP contribution in [-0.4, -0.2) is 34.5 Å². The van der Waals surface area contributed by atoms with Crippen LogP contribution >= 0.6 is 0 Å². The maximum atomic E-state index is 13.3. The lowest BCUT2D eigenvalue weighted by Gasteiger charge is -2.16. The number of hydrogen-bond donors (Lipinski definition) is 1. The van der Waals surface area contributed by atoms with Gasteiger partial charge in [0, 0.05) is 0 Å². The highest BCUT2D eigenvalue weighted by atomic mass is 19.4. The van der Waals surface area contributed by atoms with Crippen molar-refractivity contribution in [2.24, 2.45) is 0 Å². The minimum absolute atomic E-state index is 0.101. The highest BCUT2D eigenvalue weighted by Gasteiger charge is 2.37. The first-order chi connectivity index (χ1) is 12.9. The molecule has 0 bridgehead atoms. The highest BCUT2D eigenvalue weighted by molar-refractivity contribution is 5.76. The van der Waals surface area contributed by atoms with Gasteiger partial charge in [0.25, 0.3) is 0 Å². The van der Waals surface area contributed by atoms with E-state index >= 15 is 0 Å². The van der Waals surface area contributed by atoms with Crippen molar-refractivity contribution in [3.63, 3.8) is 0 Å². The van der Waals surface area contributed by atoms with Gasteiger partial charge in [0.15, 0.2) is 0 Å². The molecule has 0 radical (unpaired) electrons. The first-order valence-corrected chi connectivity index (χ1v) is 8.29. The molecule has 0 aliphatic rings. The van der Waals surface area contributed by atoms with Crippen LogP contribution in [0.25, 0.3) is 11.0 Å².